The van der Waals surface area contributed by atoms with Crippen molar-refractivity contribution < 1.29 is 13.5 Å². The van der Waals surface area contributed by atoms with Gasteiger partial charge >= 0.3 is 0 Å². The number of fused-ring (bicyclic) bond motifs is 1. The van der Waals surface area contributed by atoms with Crippen molar-refractivity contribution in [2.24, 2.45) is 0 Å². The summed E-state index contributed by atoms with van der Waals surface area (Å²) in [6.07, 6.45) is 1.17. The summed E-state index contributed by atoms with van der Waals surface area (Å²) in [5.74, 6) is 0.134. The van der Waals surface area contributed by atoms with E-state index in [4.69, 9.17) is 11.6 Å². The molecule has 0 saturated heterocycles. The molecule has 1 atom stereocenters. The van der Waals surface area contributed by atoms with Crippen molar-refractivity contribution >= 4 is 27.3 Å². The molecule has 0 unspecified atom stereocenters. The number of aliphatic hydroxyl groups excluding tert-OH is 1. The molecule has 0 saturated carbocycles. The number of nitrogens with zero attached hydrogens (tertiary/aromatic N) is 1. The lowest BCUT2D eigenvalue weighted by Gasteiger charge is -2.17. The molecule has 1 aliphatic rings. The normalized spacial score (nSPS) is 17.0. The third-order valence-corrected chi connectivity index (χ3v) is 4.36. The van der Waals surface area contributed by atoms with Gasteiger partial charge in [-0.3, -0.25) is 4.31 Å². The highest BCUT2D eigenvalue weighted by Crippen LogP contribution is 2.32. The van der Waals surface area contributed by atoms with Gasteiger partial charge in [0.1, 0.15) is 0 Å². The van der Waals surface area contributed by atoms with Crippen LogP contribution in [0.2, 0.25) is 0 Å². The molecule has 0 amide bonds. The zero-order valence-corrected chi connectivity index (χ0v) is 11.0. The van der Waals surface area contributed by atoms with Crippen molar-refractivity contribution in [3.05, 3.63) is 29.3 Å². The van der Waals surface area contributed by atoms with Crippen molar-refractivity contribution in [2.45, 2.75) is 12.5 Å². The Labute approximate surface area is 106 Å². The van der Waals surface area contributed by atoms with Crippen molar-refractivity contribution in [3.63, 3.8) is 0 Å². The quantitative estimate of drug-likeness (QED) is 0.846. The molecule has 1 N–H and O–H groups in total. The number of sulfonamides is 1. The second-order valence-electron chi connectivity index (χ2n) is 4.14. The number of hydrogen-bond acceptors (Lipinski definition) is 3. The van der Waals surface area contributed by atoms with Crippen LogP contribution < -0.4 is 4.31 Å². The minimum atomic E-state index is -3.21. The molecule has 94 valence electrons. The van der Waals surface area contributed by atoms with Gasteiger partial charge in [0.25, 0.3) is 0 Å². The number of alkyl halides is 1. The fourth-order valence-corrected chi connectivity index (χ4v) is 3.17. The Morgan fingerprint density at radius 3 is 2.82 bits per heavy atom. The summed E-state index contributed by atoms with van der Waals surface area (Å²) in [4.78, 5) is 0. The maximum absolute atomic E-state index is 11.5. The molecule has 1 aromatic rings. The third-order valence-electron chi connectivity index (χ3n) is 2.89. The first-order valence-electron chi connectivity index (χ1n) is 5.28. The second-order valence-corrected chi connectivity index (χ2v) is 6.36. The Hall–Kier alpha value is -0.780. The standard InChI is InChI=1S/C11H14ClNO3S/c1-17(15,16)13-5-4-8-6-9(11(14)7-12)2-3-10(8)13/h2-3,6,11,14H,4-5,7H2,1H3/t11-/m0/s1. The monoisotopic (exact) mass is 275 g/mol. The lowest BCUT2D eigenvalue weighted by atomic mass is 10.1. The predicted octanol–water partition coefficient (Wildman–Crippen LogP) is 1.28. The lowest BCUT2D eigenvalue weighted by molar-refractivity contribution is 0.202. The molecule has 0 aliphatic carbocycles. The van der Waals surface area contributed by atoms with E-state index in [9.17, 15) is 13.5 Å². The number of anilines is 1. The minimum absolute atomic E-state index is 0.134. The predicted molar refractivity (Wildman–Crippen MR) is 68.0 cm³/mol. The molecule has 1 aliphatic heterocycles. The number of halogens is 1. The highest BCUT2D eigenvalue weighted by Gasteiger charge is 2.26. The summed E-state index contributed by atoms with van der Waals surface area (Å²) >= 11 is 5.58. The van der Waals surface area contributed by atoms with Crippen molar-refractivity contribution in [1.82, 2.24) is 0 Å². The highest BCUT2D eigenvalue weighted by atomic mass is 35.5. The molecule has 0 aromatic heterocycles. The van der Waals surface area contributed by atoms with E-state index < -0.39 is 16.1 Å². The third kappa shape index (κ3) is 2.41. The molecular weight excluding hydrogens is 262 g/mol. The largest absolute Gasteiger partial charge is 0.387 e. The van der Waals surface area contributed by atoms with Crippen LogP contribution >= 0.6 is 11.6 Å². The van der Waals surface area contributed by atoms with Crippen LogP contribution in [-0.2, 0) is 16.4 Å². The zero-order chi connectivity index (χ0) is 12.6. The Bertz CT molecular complexity index is 530. The van der Waals surface area contributed by atoms with Crippen molar-refractivity contribution in [1.29, 1.82) is 0 Å². The number of aliphatic hydroxyl groups is 1. The number of rotatable bonds is 3. The van der Waals surface area contributed by atoms with E-state index in [-0.39, 0.29) is 5.88 Å². The summed E-state index contributed by atoms with van der Waals surface area (Å²) in [5, 5.41) is 9.62. The SMILES string of the molecule is CS(=O)(=O)N1CCc2cc([C@@H](O)CCl)ccc21. The summed E-state index contributed by atoms with van der Waals surface area (Å²) in [6.45, 7) is 0.467. The summed E-state index contributed by atoms with van der Waals surface area (Å²) in [5.41, 5.74) is 2.38. The van der Waals surface area contributed by atoms with E-state index in [2.05, 4.69) is 0 Å². The van der Waals surface area contributed by atoms with Gasteiger partial charge in [0.05, 0.1) is 23.9 Å². The molecule has 1 heterocycles. The van der Waals surface area contributed by atoms with E-state index in [0.29, 0.717) is 18.7 Å². The van der Waals surface area contributed by atoms with E-state index >= 15 is 0 Å². The van der Waals surface area contributed by atoms with E-state index in [1.54, 1.807) is 12.1 Å². The molecular formula is C11H14ClNO3S. The van der Waals surface area contributed by atoms with Crippen LogP contribution in [0.3, 0.4) is 0 Å². The average Bonchev–Trinajstić information content (AvgIpc) is 2.70. The number of hydrogen-bond donors (Lipinski definition) is 1. The van der Waals surface area contributed by atoms with Gasteiger partial charge in [-0.05, 0) is 23.6 Å². The fraction of sp³-hybridized carbons (Fsp3) is 0.455. The van der Waals surface area contributed by atoms with Crippen LogP contribution in [0.1, 0.15) is 17.2 Å². The summed E-state index contributed by atoms with van der Waals surface area (Å²) < 4.78 is 24.4. The van der Waals surface area contributed by atoms with Crippen LogP contribution in [0.25, 0.3) is 0 Å². The fourth-order valence-electron chi connectivity index (χ4n) is 2.03. The van der Waals surface area contributed by atoms with Gasteiger partial charge in [0, 0.05) is 6.54 Å². The van der Waals surface area contributed by atoms with Gasteiger partial charge in [0.2, 0.25) is 10.0 Å². The number of benzene rings is 1. The minimum Gasteiger partial charge on any atom is -0.387 e. The summed E-state index contributed by atoms with van der Waals surface area (Å²) in [7, 11) is -3.21. The molecule has 1 aromatic carbocycles. The molecule has 2 rings (SSSR count). The maximum Gasteiger partial charge on any atom is 0.232 e. The van der Waals surface area contributed by atoms with Gasteiger partial charge in [-0.15, -0.1) is 11.6 Å². The smallest absolute Gasteiger partial charge is 0.232 e. The molecule has 0 spiro atoms. The van der Waals surface area contributed by atoms with Crippen LogP contribution in [0.15, 0.2) is 18.2 Å². The highest BCUT2D eigenvalue weighted by molar-refractivity contribution is 7.92. The van der Waals surface area contributed by atoms with Crippen LogP contribution in [-0.4, -0.2) is 32.2 Å². The Morgan fingerprint density at radius 1 is 1.53 bits per heavy atom. The molecule has 4 nitrogen and oxygen atoms in total. The van der Waals surface area contributed by atoms with E-state index in [1.807, 2.05) is 6.07 Å². The van der Waals surface area contributed by atoms with Crippen LogP contribution in [0, 0.1) is 0 Å². The molecule has 0 radical (unpaired) electrons. The Balaban J connectivity index is 2.39. The zero-order valence-electron chi connectivity index (χ0n) is 9.43. The molecule has 0 fully saturated rings. The molecule has 17 heavy (non-hydrogen) atoms. The van der Waals surface area contributed by atoms with Gasteiger partial charge in [0.15, 0.2) is 0 Å². The topological polar surface area (TPSA) is 57.6 Å². The first-order chi connectivity index (χ1) is 7.93. The second kappa shape index (κ2) is 4.48. The van der Waals surface area contributed by atoms with Gasteiger partial charge in [-0.25, -0.2) is 8.42 Å². The molecule has 6 heteroatoms. The Morgan fingerprint density at radius 2 is 2.24 bits per heavy atom. The first kappa shape index (κ1) is 12.7. The van der Waals surface area contributed by atoms with Gasteiger partial charge in [-0.1, -0.05) is 12.1 Å². The van der Waals surface area contributed by atoms with E-state index in [0.717, 1.165) is 11.1 Å². The lowest BCUT2D eigenvalue weighted by Crippen LogP contribution is -2.27. The Kier molecular flexibility index (Phi) is 3.34. The van der Waals surface area contributed by atoms with E-state index in [1.165, 1.54) is 10.6 Å². The maximum atomic E-state index is 11.5. The summed E-state index contributed by atoms with van der Waals surface area (Å²) in [6, 6.07) is 5.28. The van der Waals surface area contributed by atoms with Crippen LogP contribution in [0.5, 0.6) is 0 Å². The molecule has 0 bridgehead atoms. The first-order valence-corrected chi connectivity index (χ1v) is 7.66. The van der Waals surface area contributed by atoms with Crippen LogP contribution in [0.4, 0.5) is 5.69 Å². The van der Waals surface area contributed by atoms with Crippen molar-refractivity contribution in [2.75, 3.05) is 23.0 Å². The van der Waals surface area contributed by atoms with Crippen molar-refractivity contribution in [3.8, 4) is 0 Å². The van der Waals surface area contributed by atoms with Gasteiger partial charge < -0.3 is 5.11 Å². The average molecular weight is 276 g/mol. The van der Waals surface area contributed by atoms with Gasteiger partial charge in [-0.2, -0.15) is 0 Å².